The minimum Gasteiger partial charge on any atom is -0.479 e. The fourth-order valence-corrected chi connectivity index (χ4v) is 2.57. The predicted molar refractivity (Wildman–Crippen MR) is 96.5 cm³/mol. The third-order valence-corrected chi connectivity index (χ3v) is 4.04. The van der Waals surface area contributed by atoms with Crippen LogP contribution in [0.2, 0.25) is 0 Å². The second-order valence-electron chi connectivity index (χ2n) is 6.45. The van der Waals surface area contributed by atoms with E-state index in [0.717, 1.165) is 6.42 Å². The Morgan fingerprint density at radius 3 is 1.96 bits per heavy atom. The van der Waals surface area contributed by atoms with Crippen molar-refractivity contribution in [2.75, 3.05) is 26.9 Å². The summed E-state index contributed by atoms with van der Waals surface area (Å²) < 4.78 is 16.0. The number of carbonyl (C=O) groups is 1. The zero-order chi connectivity index (χ0) is 18.0. The van der Waals surface area contributed by atoms with E-state index in [1.807, 2.05) is 0 Å². The molecule has 0 aliphatic carbocycles. The summed E-state index contributed by atoms with van der Waals surface area (Å²) in [5, 5.41) is 8.87. The Kier molecular flexibility index (Phi) is 16.7. The lowest BCUT2D eigenvalue weighted by molar-refractivity contribution is -0.157. The summed E-state index contributed by atoms with van der Waals surface area (Å²) in [5.74, 6) is -0.967. The maximum Gasteiger partial charge on any atom is 0.332 e. The van der Waals surface area contributed by atoms with E-state index in [9.17, 15) is 4.79 Å². The summed E-state index contributed by atoms with van der Waals surface area (Å²) in [6, 6.07) is 0. The van der Waals surface area contributed by atoms with E-state index in [-0.39, 0.29) is 6.10 Å². The first kappa shape index (κ1) is 23.4. The van der Waals surface area contributed by atoms with Crippen molar-refractivity contribution in [3.05, 3.63) is 0 Å². The summed E-state index contributed by atoms with van der Waals surface area (Å²) in [5.41, 5.74) is 0. The van der Waals surface area contributed by atoms with Crippen LogP contribution in [0.1, 0.15) is 78.1 Å². The van der Waals surface area contributed by atoms with Gasteiger partial charge in [0.05, 0.1) is 13.2 Å². The highest BCUT2D eigenvalue weighted by molar-refractivity contribution is 5.71. The highest BCUT2D eigenvalue weighted by atomic mass is 16.6. The standard InChI is InChI=1S/C19H38O5/c1-4-5-6-7-8-9-10-11-12-13-14-23-16-18(15-22-3)24-17(2)19(20)21/h17-18H,4-16H2,1-3H3,(H,20,21). The number of rotatable bonds is 18. The van der Waals surface area contributed by atoms with E-state index in [2.05, 4.69) is 6.92 Å². The average Bonchev–Trinajstić information content (AvgIpc) is 2.55. The first-order valence-corrected chi connectivity index (χ1v) is 9.56. The van der Waals surface area contributed by atoms with Crippen molar-refractivity contribution in [3.8, 4) is 0 Å². The highest BCUT2D eigenvalue weighted by Gasteiger charge is 2.18. The Hall–Kier alpha value is -0.650. The first-order chi connectivity index (χ1) is 11.6. The van der Waals surface area contributed by atoms with Crippen molar-refractivity contribution in [2.45, 2.75) is 90.3 Å². The number of unbranched alkanes of at least 4 members (excludes halogenated alkanes) is 9. The molecule has 0 amide bonds. The smallest absolute Gasteiger partial charge is 0.332 e. The largest absolute Gasteiger partial charge is 0.479 e. The molecule has 0 radical (unpaired) electrons. The monoisotopic (exact) mass is 346 g/mol. The molecule has 24 heavy (non-hydrogen) atoms. The van der Waals surface area contributed by atoms with Crippen LogP contribution in [0.3, 0.4) is 0 Å². The lowest BCUT2D eigenvalue weighted by Gasteiger charge is -2.19. The summed E-state index contributed by atoms with van der Waals surface area (Å²) in [7, 11) is 1.57. The van der Waals surface area contributed by atoms with Crippen LogP contribution in [0.4, 0.5) is 0 Å². The van der Waals surface area contributed by atoms with Crippen molar-refractivity contribution in [1.29, 1.82) is 0 Å². The van der Waals surface area contributed by atoms with E-state index in [0.29, 0.717) is 19.8 Å². The van der Waals surface area contributed by atoms with Crippen LogP contribution >= 0.6 is 0 Å². The number of hydrogen-bond donors (Lipinski definition) is 1. The minimum absolute atomic E-state index is 0.329. The van der Waals surface area contributed by atoms with Gasteiger partial charge in [-0.3, -0.25) is 0 Å². The SMILES string of the molecule is CCCCCCCCCCCCOCC(COC)OC(C)C(=O)O. The number of methoxy groups -OCH3 is 1. The number of ether oxygens (including phenoxy) is 3. The lowest BCUT2D eigenvalue weighted by Crippen LogP contribution is -2.33. The topological polar surface area (TPSA) is 65.0 Å². The Bertz CT molecular complexity index is 283. The van der Waals surface area contributed by atoms with Crippen LogP contribution in [0.5, 0.6) is 0 Å². The number of hydrogen-bond acceptors (Lipinski definition) is 4. The molecule has 5 nitrogen and oxygen atoms in total. The van der Waals surface area contributed by atoms with Crippen molar-refractivity contribution >= 4 is 5.97 Å². The van der Waals surface area contributed by atoms with Gasteiger partial charge in [-0.15, -0.1) is 0 Å². The molecule has 0 spiro atoms. The van der Waals surface area contributed by atoms with Gasteiger partial charge in [0, 0.05) is 13.7 Å². The molecule has 0 aliphatic rings. The molecule has 0 aromatic heterocycles. The van der Waals surface area contributed by atoms with Gasteiger partial charge in [-0.25, -0.2) is 4.79 Å². The van der Waals surface area contributed by atoms with Gasteiger partial charge in [0.1, 0.15) is 6.10 Å². The van der Waals surface area contributed by atoms with E-state index in [4.69, 9.17) is 19.3 Å². The van der Waals surface area contributed by atoms with Crippen molar-refractivity contribution in [1.82, 2.24) is 0 Å². The van der Waals surface area contributed by atoms with Crippen LogP contribution in [-0.2, 0) is 19.0 Å². The van der Waals surface area contributed by atoms with Gasteiger partial charge in [0.2, 0.25) is 0 Å². The summed E-state index contributed by atoms with van der Waals surface area (Å²) in [6.45, 7) is 5.19. The van der Waals surface area contributed by atoms with E-state index in [1.165, 1.54) is 64.7 Å². The molecular formula is C19H38O5. The third-order valence-electron chi connectivity index (χ3n) is 4.04. The fourth-order valence-electron chi connectivity index (χ4n) is 2.57. The van der Waals surface area contributed by atoms with Gasteiger partial charge in [0.15, 0.2) is 6.10 Å². The van der Waals surface area contributed by atoms with Gasteiger partial charge in [-0.1, -0.05) is 64.7 Å². The number of aliphatic carboxylic acids is 1. The van der Waals surface area contributed by atoms with Gasteiger partial charge < -0.3 is 19.3 Å². The molecule has 0 rings (SSSR count). The third kappa shape index (κ3) is 14.9. The Labute approximate surface area is 148 Å². The quantitative estimate of drug-likeness (QED) is 0.372. The van der Waals surface area contributed by atoms with Crippen molar-refractivity contribution in [2.24, 2.45) is 0 Å². The minimum atomic E-state index is -0.967. The van der Waals surface area contributed by atoms with Crippen LogP contribution in [0.15, 0.2) is 0 Å². The number of carboxylic acids is 1. The molecule has 0 heterocycles. The fraction of sp³-hybridized carbons (Fsp3) is 0.947. The molecule has 2 atom stereocenters. The molecule has 0 aromatic carbocycles. The second-order valence-corrected chi connectivity index (χ2v) is 6.45. The molecular weight excluding hydrogens is 308 g/mol. The summed E-state index contributed by atoms with van der Waals surface area (Å²) in [4.78, 5) is 10.8. The summed E-state index contributed by atoms with van der Waals surface area (Å²) >= 11 is 0. The first-order valence-electron chi connectivity index (χ1n) is 9.56. The normalized spacial score (nSPS) is 13.8. The Morgan fingerprint density at radius 1 is 0.917 bits per heavy atom. The van der Waals surface area contributed by atoms with Gasteiger partial charge >= 0.3 is 5.97 Å². The molecule has 144 valence electrons. The van der Waals surface area contributed by atoms with E-state index < -0.39 is 12.1 Å². The summed E-state index contributed by atoms with van der Waals surface area (Å²) in [6.07, 6.45) is 11.8. The van der Waals surface area contributed by atoms with Crippen LogP contribution in [-0.4, -0.2) is 50.2 Å². The average molecular weight is 347 g/mol. The van der Waals surface area contributed by atoms with Gasteiger partial charge in [0.25, 0.3) is 0 Å². The maximum absolute atomic E-state index is 10.8. The molecule has 0 bridgehead atoms. The van der Waals surface area contributed by atoms with Crippen molar-refractivity contribution in [3.63, 3.8) is 0 Å². The predicted octanol–water partition coefficient (Wildman–Crippen LogP) is 4.43. The molecule has 5 heteroatoms. The maximum atomic E-state index is 10.8. The Balaban J connectivity index is 3.47. The second kappa shape index (κ2) is 17.2. The van der Waals surface area contributed by atoms with Gasteiger partial charge in [-0.05, 0) is 13.3 Å². The van der Waals surface area contributed by atoms with Crippen LogP contribution in [0, 0.1) is 0 Å². The zero-order valence-electron chi connectivity index (χ0n) is 15.9. The van der Waals surface area contributed by atoms with Crippen LogP contribution < -0.4 is 0 Å². The Morgan fingerprint density at radius 2 is 1.46 bits per heavy atom. The molecule has 1 N–H and O–H groups in total. The zero-order valence-corrected chi connectivity index (χ0v) is 15.9. The van der Waals surface area contributed by atoms with Crippen molar-refractivity contribution < 1.29 is 24.1 Å². The highest BCUT2D eigenvalue weighted by Crippen LogP contribution is 2.10. The molecule has 2 unspecified atom stereocenters. The molecule has 0 aromatic rings. The number of carboxylic acid groups (broad SMARTS) is 1. The molecule has 0 saturated heterocycles. The lowest BCUT2D eigenvalue weighted by atomic mass is 10.1. The molecule has 0 saturated carbocycles. The van der Waals surface area contributed by atoms with E-state index in [1.54, 1.807) is 7.11 Å². The molecule has 0 fully saturated rings. The van der Waals surface area contributed by atoms with Gasteiger partial charge in [-0.2, -0.15) is 0 Å². The van der Waals surface area contributed by atoms with E-state index >= 15 is 0 Å². The van der Waals surface area contributed by atoms with Crippen LogP contribution in [0.25, 0.3) is 0 Å². The molecule has 0 aliphatic heterocycles.